The van der Waals surface area contributed by atoms with Crippen molar-refractivity contribution in [1.29, 1.82) is 0 Å². The minimum absolute atomic E-state index is 0.000639. The fourth-order valence-corrected chi connectivity index (χ4v) is 2.06. The molecule has 1 amide bonds. The summed E-state index contributed by atoms with van der Waals surface area (Å²) in [6.07, 6.45) is 4.61. The van der Waals surface area contributed by atoms with Crippen LogP contribution in [0.3, 0.4) is 0 Å². The first-order valence-electron chi connectivity index (χ1n) is 7.08. The van der Waals surface area contributed by atoms with Gasteiger partial charge in [-0.25, -0.2) is 4.98 Å². The molecule has 116 valence electrons. The Bertz CT molecular complexity index is 829. The van der Waals surface area contributed by atoms with Crippen LogP contribution in [-0.2, 0) is 11.2 Å². The summed E-state index contributed by atoms with van der Waals surface area (Å²) < 4.78 is 5.45. The third kappa shape index (κ3) is 3.39. The van der Waals surface area contributed by atoms with Crippen molar-refractivity contribution >= 4 is 11.6 Å². The largest absolute Gasteiger partial charge is 0.419 e. The van der Waals surface area contributed by atoms with E-state index in [4.69, 9.17) is 4.42 Å². The van der Waals surface area contributed by atoms with Crippen molar-refractivity contribution < 1.29 is 9.21 Å². The molecule has 0 saturated carbocycles. The topological polar surface area (TPSA) is 93.8 Å². The summed E-state index contributed by atoms with van der Waals surface area (Å²) in [6.45, 7) is 3.96. The molecule has 23 heavy (non-hydrogen) atoms. The van der Waals surface area contributed by atoms with Gasteiger partial charge in [0.25, 0.3) is 5.89 Å². The Hall–Kier alpha value is -3.09. The van der Waals surface area contributed by atoms with Crippen molar-refractivity contribution in [3.8, 4) is 11.6 Å². The summed E-state index contributed by atoms with van der Waals surface area (Å²) in [5.74, 6) is 0.258. The number of hydrogen-bond acceptors (Lipinski definition) is 6. The van der Waals surface area contributed by atoms with E-state index in [0.717, 1.165) is 16.8 Å². The second-order valence-corrected chi connectivity index (χ2v) is 5.06. The molecule has 0 aliphatic carbocycles. The van der Waals surface area contributed by atoms with Crippen LogP contribution in [-0.4, -0.2) is 26.1 Å². The van der Waals surface area contributed by atoms with Gasteiger partial charge in [-0.15, -0.1) is 10.2 Å². The van der Waals surface area contributed by atoms with E-state index < -0.39 is 0 Å². The molecule has 1 N–H and O–H groups in total. The molecule has 0 spiro atoms. The lowest BCUT2D eigenvalue weighted by atomic mass is 10.1. The molecule has 0 aliphatic rings. The first kappa shape index (κ1) is 14.8. The van der Waals surface area contributed by atoms with Gasteiger partial charge in [0.2, 0.25) is 11.8 Å². The second-order valence-electron chi connectivity index (χ2n) is 5.06. The molecule has 1 aromatic carbocycles. The van der Waals surface area contributed by atoms with E-state index in [9.17, 15) is 4.79 Å². The van der Waals surface area contributed by atoms with Gasteiger partial charge in [-0.1, -0.05) is 12.1 Å². The van der Waals surface area contributed by atoms with Crippen LogP contribution in [0.2, 0.25) is 0 Å². The number of amides is 1. The van der Waals surface area contributed by atoms with Crippen molar-refractivity contribution in [2.45, 2.75) is 20.3 Å². The van der Waals surface area contributed by atoms with Crippen LogP contribution in [0.15, 0.2) is 41.2 Å². The highest BCUT2D eigenvalue weighted by atomic mass is 16.4. The number of carbonyl (C=O) groups excluding carboxylic acids is 1. The fourth-order valence-electron chi connectivity index (χ4n) is 2.06. The molecule has 0 aliphatic heterocycles. The van der Waals surface area contributed by atoms with Gasteiger partial charge in [0.05, 0.1) is 6.20 Å². The van der Waals surface area contributed by atoms with E-state index in [2.05, 4.69) is 25.5 Å². The zero-order valence-corrected chi connectivity index (χ0v) is 12.8. The number of aromatic nitrogens is 4. The Labute approximate surface area is 132 Å². The van der Waals surface area contributed by atoms with Gasteiger partial charge in [0, 0.05) is 18.1 Å². The van der Waals surface area contributed by atoms with Gasteiger partial charge in [-0.05, 0) is 31.0 Å². The van der Waals surface area contributed by atoms with Crippen molar-refractivity contribution in [2.75, 3.05) is 5.32 Å². The third-order valence-corrected chi connectivity index (χ3v) is 3.44. The molecule has 0 atom stereocenters. The molecular formula is C16H15N5O2. The average Bonchev–Trinajstić information content (AvgIpc) is 3.01. The van der Waals surface area contributed by atoms with Gasteiger partial charge >= 0.3 is 0 Å². The normalized spacial score (nSPS) is 10.5. The molecule has 2 aromatic heterocycles. The Kier molecular flexibility index (Phi) is 4.09. The zero-order valence-electron chi connectivity index (χ0n) is 12.8. The van der Waals surface area contributed by atoms with Gasteiger partial charge < -0.3 is 9.73 Å². The van der Waals surface area contributed by atoms with Crippen molar-refractivity contribution in [3.05, 3.63) is 53.8 Å². The maximum Gasteiger partial charge on any atom is 0.267 e. The van der Waals surface area contributed by atoms with Gasteiger partial charge in [0.1, 0.15) is 12.1 Å². The quantitative estimate of drug-likeness (QED) is 0.795. The zero-order chi connectivity index (χ0) is 16.2. The lowest BCUT2D eigenvalue weighted by Crippen LogP contribution is -2.15. The van der Waals surface area contributed by atoms with E-state index in [-0.39, 0.29) is 24.1 Å². The Morgan fingerprint density at radius 3 is 2.87 bits per heavy atom. The molecule has 0 bridgehead atoms. The van der Waals surface area contributed by atoms with E-state index in [0.29, 0.717) is 5.69 Å². The van der Waals surface area contributed by atoms with Crippen molar-refractivity contribution in [3.63, 3.8) is 0 Å². The molecule has 7 heteroatoms. The van der Waals surface area contributed by atoms with E-state index in [1.54, 1.807) is 6.20 Å². The number of carbonyl (C=O) groups is 1. The molecule has 0 radical (unpaired) electrons. The van der Waals surface area contributed by atoms with Gasteiger partial charge in [-0.3, -0.25) is 9.78 Å². The average molecular weight is 309 g/mol. The third-order valence-electron chi connectivity index (χ3n) is 3.44. The number of hydrogen-bond donors (Lipinski definition) is 1. The Balaban J connectivity index is 1.69. The van der Waals surface area contributed by atoms with Crippen LogP contribution >= 0.6 is 0 Å². The fraction of sp³-hybridized carbons (Fsp3) is 0.188. The van der Waals surface area contributed by atoms with E-state index in [1.165, 1.54) is 12.4 Å². The molecule has 3 aromatic rings. The number of rotatable bonds is 4. The maximum absolute atomic E-state index is 12.1. The summed E-state index contributed by atoms with van der Waals surface area (Å²) in [5.41, 5.74) is 3.40. The Morgan fingerprint density at radius 2 is 2.09 bits per heavy atom. The molecule has 2 heterocycles. The summed E-state index contributed by atoms with van der Waals surface area (Å²) >= 11 is 0. The minimum atomic E-state index is -0.215. The van der Waals surface area contributed by atoms with Gasteiger partial charge in [0.15, 0.2) is 0 Å². The Morgan fingerprint density at radius 1 is 1.22 bits per heavy atom. The molecule has 3 rings (SSSR count). The minimum Gasteiger partial charge on any atom is -0.419 e. The van der Waals surface area contributed by atoms with Crippen LogP contribution < -0.4 is 5.32 Å². The van der Waals surface area contributed by atoms with Crippen LogP contribution in [0.4, 0.5) is 5.69 Å². The highest BCUT2D eigenvalue weighted by molar-refractivity contribution is 5.92. The monoisotopic (exact) mass is 309 g/mol. The van der Waals surface area contributed by atoms with Crippen molar-refractivity contribution in [1.82, 2.24) is 20.2 Å². The second kappa shape index (κ2) is 6.35. The number of nitrogens with one attached hydrogen (secondary N) is 1. The number of nitrogens with zero attached hydrogens (tertiary/aromatic N) is 4. The lowest BCUT2D eigenvalue weighted by molar-refractivity contribution is -0.115. The first-order valence-corrected chi connectivity index (χ1v) is 7.08. The van der Waals surface area contributed by atoms with Crippen LogP contribution in [0, 0.1) is 13.8 Å². The predicted molar refractivity (Wildman–Crippen MR) is 83.6 cm³/mol. The first-order chi connectivity index (χ1) is 11.1. The van der Waals surface area contributed by atoms with Crippen LogP contribution in [0.1, 0.15) is 17.0 Å². The van der Waals surface area contributed by atoms with E-state index >= 15 is 0 Å². The molecule has 0 saturated heterocycles. The van der Waals surface area contributed by atoms with E-state index in [1.807, 2.05) is 32.0 Å². The van der Waals surface area contributed by atoms with Crippen LogP contribution in [0.5, 0.6) is 0 Å². The highest BCUT2D eigenvalue weighted by Gasteiger charge is 2.14. The summed E-state index contributed by atoms with van der Waals surface area (Å²) in [4.78, 5) is 20.1. The lowest BCUT2D eigenvalue weighted by Gasteiger charge is -2.09. The predicted octanol–water partition coefficient (Wildman–Crippen LogP) is 2.32. The maximum atomic E-state index is 12.1. The standard InChI is InChI=1S/C16H15N5O2/c1-10-4-3-5-12(11(10)2)19-14(22)8-15-20-21-16(23-15)13-9-17-6-7-18-13/h3-7,9H,8H2,1-2H3,(H,19,22). The highest BCUT2D eigenvalue weighted by Crippen LogP contribution is 2.18. The summed E-state index contributed by atoms with van der Waals surface area (Å²) in [6, 6.07) is 5.76. The molecule has 0 unspecified atom stereocenters. The molecule has 0 fully saturated rings. The molecular weight excluding hydrogens is 294 g/mol. The number of aryl methyl sites for hydroxylation is 1. The SMILES string of the molecule is Cc1cccc(NC(=O)Cc2nnc(-c3cnccn3)o2)c1C. The van der Waals surface area contributed by atoms with Crippen LogP contribution in [0.25, 0.3) is 11.6 Å². The number of anilines is 1. The molecule has 7 nitrogen and oxygen atoms in total. The van der Waals surface area contributed by atoms with Gasteiger partial charge in [-0.2, -0.15) is 0 Å². The summed E-state index contributed by atoms with van der Waals surface area (Å²) in [5, 5.41) is 10.6. The number of benzene rings is 1. The summed E-state index contributed by atoms with van der Waals surface area (Å²) in [7, 11) is 0. The van der Waals surface area contributed by atoms with Crippen molar-refractivity contribution in [2.24, 2.45) is 0 Å². The smallest absolute Gasteiger partial charge is 0.267 e.